The van der Waals surface area contributed by atoms with Crippen LogP contribution in [-0.2, 0) is 11.2 Å². The molecule has 4 aromatic heterocycles. The first-order valence-corrected chi connectivity index (χ1v) is 13.1. The van der Waals surface area contributed by atoms with Crippen molar-refractivity contribution in [2.75, 3.05) is 5.32 Å². The average molecular weight is 558 g/mol. The number of para-hydroxylation sites is 1. The van der Waals surface area contributed by atoms with Gasteiger partial charge < -0.3 is 10.3 Å². The highest BCUT2D eigenvalue weighted by molar-refractivity contribution is 5.98. The summed E-state index contributed by atoms with van der Waals surface area (Å²) in [5, 5.41) is 10.2. The SMILES string of the molecule is O=C(Cc1ccccc1)Nc1cncc(-c2ncc3[nH]nc(-c4nc5c(-c6ccc(F)cc6)cccc5[nH]4)c3c2F)c1. The lowest BCUT2D eigenvalue weighted by molar-refractivity contribution is -0.115. The first-order chi connectivity index (χ1) is 20.5. The maximum Gasteiger partial charge on any atom is 0.228 e. The fourth-order valence-electron chi connectivity index (χ4n) is 4.98. The molecule has 0 spiro atoms. The zero-order valence-electron chi connectivity index (χ0n) is 21.9. The summed E-state index contributed by atoms with van der Waals surface area (Å²) in [6.45, 7) is 0. The van der Waals surface area contributed by atoms with E-state index in [0.29, 0.717) is 28.1 Å². The summed E-state index contributed by atoms with van der Waals surface area (Å²) in [4.78, 5) is 29.1. The van der Waals surface area contributed by atoms with E-state index < -0.39 is 5.82 Å². The monoisotopic (exact) mass is 557 g/mol. The van der Waals surface area contributed by atoms with Gasteiger partial charge in [0, 0.05) is 17.3 Å². The van der Waals surface area contributed by atoms with E-state index in [1.807, 2.05) is 48.5 Å². The van der Waals surface area contributed by atoms with E-state index >= 15 is 4.39 Å². The molecule has 0 aliphatic rings. The minimum absolute atomic E-state index is 0.0555. The summed E-state index contributed by atoms with van der Waals surface area (Å²) >= 11 is 0. The molecule has 0 saturated heterocycles. The predicted octanol–water partition coefficient (Wildman–Crippen LogP) is 6.69. The first kappa shape index (κ1) is 25.2. The zero-order chi connectivity index (χ0) is 28.6. The van der Waals surface area contributed by atoms with Crippen LogP contribution in [0.5, 0.6) is 0 Å². The molecular formula is C32H21F2N7O. The van der Waals surface area contributed by atoms with Crippen LogP contribution in [0, 0.1) is 11.6 Å². The van der Waals surface area contributed by atoms with E-state index in [0.717, 1.165) is 22.2 Å². The molecule has 3 aromatic carbocycles. The molecule has 7 rings (SSSR count). The highest BCUT2D eigenvalue weighted by Crippen LogP contribution is 2.34. The van der Waals surface area contributed by atoms with E-state index in [4.69, 9.17) is 4.98 Å². The summed E-state index contributed by atoms with van der Waals surface area (Å²) < 4.78 is 29.6. The Bertz CT molecular complexity index is 2090. The second kappa shape index (κ2) is 10.3. The molecule has 4 heterocycles. The highest BCUT2D eigenvalue weighted by Gasteiger charge is 2.21. The molecule has 0 bridgehead atoms. The summed E-state index contributed by atoms with van der Waals surface area (Å²) in [5.41, 5.74) is 5.39. The normalized spacial score (nSPS) is 11.3. The van der Waals surface area contributed by atoms with Gasteiger partial charge in [0.1, 0.15) is 17.2 Å². The first-order valence-electron chi connectivity index (χ1n) is 13.1. The molecule has 0 atom stereocenters. The average Bonchev–Trinajstić information content (AvgIpc) is 3.63. The second-order valence-electron chi connectivity index (χ2n) is 9.75. The summed E-state index contributed by atoms with van der Waals surface area (Å²) in [5.74, 6) is -0.787. The van der Waals surface area contributed by atoms with Gasteiger partial charge in [0.25, 0.3) is 0 Å². The quantitative estimate of drug-likeness (QED) is 0.211. The van der Waals surface area contributed by atoms with Gasteiger partial charge in [-0.2, -0.15) is 5.10 Å². The number of pyridine rings is 2. The van der Waals surface area contributed by atoms with Gasteiger partial charge in [0.2, 0.25) is 5.91 Å². The maximum atomic E-state index is 16.1. The van der Waals surface area contributed by atoms with Crippen molar-refractivity contribution in [2.45, 2.75) is 6.42 Å². The van der Waals surface area contributed by atoms with Crippen LogP contribution < -0.4 is 5.32 Å². The van der Waals surface area contributed by atoms with Crippen LogP contribution in [-0.4, -0.2) is 36.0 Å². The van der Waals surface area contributed by atoms with Gasteiger partial charge in [-0.05, 0) is 35.4 Å². The predicted molar refractivity (Wildman–Crippen MR) is 156 cm³/mol. The number of carbonyl (C=O) groups excluding carboxylic acids is 1. The minimum atomic E-state index is -0.606. The molecule has 0 aliphatic heterocycles. The topological polar surface area (TPSA) is 112 Å². The van der Waals surface area contributed by atoms with Crippen molar-refractivity contribution in [3.05, 3.63) is 115 Å². The zero-order valence-corrected chi connectivity index (χ0v) is 21.9. The van der Waals surface area contributed by atoms with Crippen LogP contribution in [0.25, 0.3) is 55.8 Å². The molecule has 0 aliphatic carbocycles. The number of nitrogens with zero attached hydrogens (tertiary/aromatic N) is 4. The number of anilines is 1. The number of aromatic amines is 2. The largest absolute Gasteiger partial charge is 0.337 e. The van der Waals surface area contributed by atoms with Gasteiger partial charge in [0.15, 0.2) is 11.6 Å². The van der Waals surface area contributed by atoms with Crippen LogP contribution in [0.2, 0.25) is 0 Å². The third-order valence-corrected chi connectivity index (χ3v) is 6.94. The lowest BCUT2D eigenvalue weighted by atomic mass is 10.0. The van der Waals surface area contributed by atoms with Crippen molar-refractivity contribution in [3.63, 3.8) is 0 Å². The molecular weight excluding hydrogens is 536 g/mol. The van der Waals surface area contributed by atoms with Crippen molar-refractivity contribution >= 4 is 33.5 Å². The smallest absolute Gasteiger partial charge is 0.228 e. The van der Waals surface area contributed by atoms with Gasteiger partial charge in [-0.25, -0.2) is 13.8 Å². The Morgan fingerprint density at radius 2 is 1.67 bits per heavy atom. The molecule has 0 fully saturated rings. The van der Waals surface area contributed by atoms with Crippen LogP contribution in [0.3, 0.4) is 0 Å². The molecule has 7 aromatic rings. The number of aromatic nitrogens is 6. The molecule has 1 amide bonds. The van der Waals surface area contributed by atoms with E-state index in [1.165, 1.54) is 30.7 Å². The number of imidazole rings is 1. The Morgan fingerprint density at radius 3 is 2.50 bits per heavy atom. The number of rotatable bonds is 6. The van der Waals surface area contributed by atoms with Crippen LogP contribution in [0.4, 0.5) is 14.5 Å². The van der Waals surface area contributed by atoms with Crippen molar-refractivity contribution in [1.82, 2.24) is 30.1 Å². The molecule has 10 heteroatoms. The van der Waals surface area contributed by atoms with Gasteiger partial charge in [-0.15, -0.1) is 0 Å². The van der Waals surface area contributed by atoms with Gasteiger partial charge in [-0.1, -0.05) is 54.6 Å². The number of fused-ring (bicyclic) bond motifs is 2. The van der Waals surface area contributed by atoms with E-state index in [1.54, 1.807) is 18.2 Å². The van der Waals surface area contributed by atoms with Crippen LogP contribution in [0.1, 0.15) is 5.56 Å². The van der Waals surface area contributed by atoms with Gasteiger partial charge in [0.05, 0.1) is 46.4 Å². The van der Waals surface area contributed by atoms with Crippen molar-refractivity contribution in [3.8, 4) is 33.9 Å². The molecule has 42 heavy (non-hydrogen) atoms. The molecule has 0 unspecified atom stereocenters. The van der Waals surface area contributed by atoms with Crippen LogP contribution in [0.15, 0.2) is 97.5 Å². The summed E-state index contributed by atoms with van der Waals surface area (Å²) in [7, 11) is 0. The Morgan fingerprint density at radius 1 is 0.833 bits per heavy atom. The second-order valence-corrected chi connectivity index (χ2v) is 9.75. The number of nitrogens with one attached hydrogen (secondary N) is 3. The number of hydrogen-bond acceptors (Lipinski definition) is 5. The highest BCUT2D eigenvalue weighted by atomic mass is 19.1. The maximum absolute atomic E-state index is 16.1. The van der Waals surface area contributed by atoms with Crippen molar-refractivity contribution in [1.29, 1.82) is 0 Å². The fourth-order valence-corrected chi connectivity index (χ4v) is 4.98. The number of carbonyl (C=O) groups is 1. The lowest BCUT2D eigenvalue weighted by Crippen LogP contribution is -2.14. The third-order valence-electron chi connectivity index (χ3n) is 6.94. The number of benzene rings is 3. The van der Waals surface area contributed by atoms with Gasteiger partial charge in [-0.3, -0.25) is 19.9 Å². The minimum Gasteiger partial charge on any atom is -0.337 e. The number of hydrogen-bond donors (Lipinski definition) is 3. The fraction of sp³-hybridized carbons (Fsp3) is 0.0312. The van der Waals surface area contributed by atoms with E-state index in [2.05, 4.69) is 30.5 Å². The molecule has 8 nitrogen and oxygen atoms in total. The van der Waals surface area contributed by atoms with Crippen LogP contribution >= 0.6 is 0 Å². The Balaban J connectivity index is 1.24. The number of halogens is 2. The molecule has 0 radical (unpaired) electrons. The summed E-state index contributed by atoms with van der Waals surface area (Å²) in [6, 6.07) is 22.8. The number of amides is 1. The Labute approximate surface area is 237 Å². The molecule has 204 valence electrons. The van der Waals surface area contributed by atoms with E-state index in [9.17, 15) is 9.18 Å². The number of H-pyrrole nitrogens is 2. The van der Waals surface area contributed by atoms with Crippen molar-refractivity contribution in [2.24, 2.45) is 0 Å². The standard InChI is InChI=1S/C32H21F2N7O/c33-21-11-9-19(10-12-21)23-7-4-8-24-30(23)39-32(38-24)31-27-25(40-41-31)17-36-29(28(27)34)20-14-22(16-35-15-20)37-26(42)13-18-5-2-1-3-6-18/h1-12,14-17H,13H2,(H,37,42)(H,38,39)(H,40,41). The van der Waals surface area contributed by atoms with Gasteiger partial charge >= 0.3 is 0 Å². The lowest BCUT2D eigenvalue weighted by Gasteiger charge is -2.08. The van der Waals surface area contributed by atoms with Crippen molar-refractivity contribution < 1.29 is 13.6 Å². The molecule has 0 saturated carbocycles. The summed E-state index contributed by atoms with van der Waals surface area (Å²) in [6.07, 6.45) is 4.68. The molecule has 3 N–H and O–H groups in total. The third kappa shape index (κ3) is 4.64. The Kier molecular flexibility index (Phi) is 6.20. The Hall–Kier alpha value is -5.77. The van der Waals surface area contributed by atoms with E-state index in [-0.39, 0.29) is 34.9 Å².